The van der Waals surface area contributed by atoms with Gasteiger partial charge in [0.25, 0.3) is 0 Å². The SMILES string of the molecule is CCCC(=O)c1cc(C)c(F)c(C)c1. The van der Waals surface area contributed by atoms with Gasteiger partial charge in [-0.1, -0.05) is 6.92 Å². The van der Waals surface area contributed by atoms with Crippen LogP contribution in [0.2, 0.25) is 0 Å². The van der Waals surface area contributed by atoms with Crippen molar-refractivity contribution in [1.82, 2.24) is 0 Å². The van der Waals surface area contributed by atoms with Crippen LogP contribution in [0.1, 0.15) is 41.3 Å². The lowest BCUT2D eigenvalue weighted by atomic mass is 10.0. The number of hydrogen-bond acceptors (Lipinski definition) is 1. The van der Waals surface area contributed by atoms with E-state index in [1.165, 1.54) is 0 Å². The lowest BCUT2D eigenvalue weighted by Crippen LogP contribution is -2.01. The molecule has 76 valence electrons. The molecule has 0 saturated heterocycles. The first-order valence-corrected chi connectivity index (χ1v) is 4.86. The Balaban J connectivity index is 3.06. The van der Waals surface area contributed by atoms with Crippen LogP contribution in [-0.4, -0.2) is 5.78 Å². The van der Waals surface area contributed by atoms with Gasteiger partial charge in [-0.2, -0.15) is 0 Å². The van der Waals surface area contributed by atoms with E-state index in [4.69, 9.17) is 0 Å². The van der Waals surface area contributed by atoms with E-state index < -0.39 is 0 Å². The van der Waals surface area contributed by atoms with Crippen molar-refractivity contribution in [3.8, 4) is 0 Å². The summed E-state index contributed by atoms with van der Waals surface area (Å²) in [4.78, 5) is 11.5. The number of benzene rings is 1. The summed E-state index contributed by atoms with van der Waals surface area (Å²) in [5.74, 6) is -0.114. The summed E-state index contributed by atoms with van der Waals surface area (Å²) >= 11 is 0. The molecular formula is C12H15FO. The summed E-state index contributed by atoms with van der Waals surface area (Å²) in [6, 6.07) is 3.25. The van der Waals surface area contributed by atoms with E-state index in [0.717, 1.165) is 6.42 Å². The van der Waals surface area contributed by atoms with Gasteiger partial charge in [0.1, 0.15) is 5.82 Å². The summed E-state index contributed by atoms with van der Waals surface area (Å²) < 4.78 is 13.2. The van der Waals surface area contributed by atoms with Crippen LogP contribution in [0.3, 0.4) is 0 Å². The third kappa shape index (κ3) is 2.19. The molecule has 0 aliphatic rings. The zero-order chi connectivity index (χ0) is 10.7. The van der Waals surface area contributed by atoms with E-state index >= 15 is 0 Å². The van der Waals surface area contributed by atoms with Gasteiger partial charge in [-0.3, -0.25) is 4.79 Å². The predicted octanol–water partition coefficient (Wildman–Crippen LogP) is 3.43. The summed E-state index contributed by atoms with van der Waals surface area (Å²) in [6.07, 6.45) is 1.36. The monoisotopic (exact) mass is 194 g/mol. The molecule has 0 saturated carbocycles. The molecule has 1 aromatic rings. The molecule has 0 unspecified atom stereocenters. The van der Waals surface area contributed by atoms with Crippen LogP contribution in [0, 0.1) is 19.7 Å². The molecule has 0 heterocycles. The minimum Gasteiger partial charge on any atom is -0.294 e. The van der Waals surface area contributed by atoms with Crippen LogP contribution in [0.15, 0.2) is 12.1 Å². The number of ketones is 1. The molecule has 0 N–H and O–H groups in total. The van der Waals surface area contributed by atoms with Gasteiger partial charge in [0.05, 0.1) is 0 Å². The van der Waals surface area contributed by atoms with Crippen LogP contribution >= 0.6 is 0 Å². The minimum atomic E-state index is -0.210. The average molecular weight is 194 g/mol. The van der Waals surface area contributed by atoms with E-state index in [1.54, 1.807) is 26.0 Å². The number of hydrogen-bond donors (Lipinski definition) is 0. The third-order valence-electron chi connectivity index (χ3n) is 2.24. The van der Waals surface area contributed by atoms with E-state index in [0.29, 0.717) is 23.1 Å². The molecule has 14 heavy (non-hydrogen) atoms. The standard InChI is InChI=1S/C12H15FO/c1-4-5-11(14)10-6-8(2)12(13)9(3)7-10/h6-7H,4-5H2,1-3H3. The molecule has 0 aromatic heterocycles. The molecule has 0 fully saturated rings. The van der Waals surface area contributed by atoms with Gasteiger partial charge in [-0.15, -0.1) is 0 Å². The lowest BCUT2D eigenvalue weighted by molar-refractivity contribution is 0.0981. The minimum absolute atomic E-state index is 0.0960. The molecule has 1 rings (SSSR count). The second-order valence-electron chi connectivity index (χ2n) is 3.60. The maximum Gasteiger partial charge on any atom is 0.162 e. The van der Waals surface area contributed by atoms with Gasteiger partial charge in [-0.25, -0.2) is 4.39 Å². The fourth-order valence-corrected chi connectivity index (χ4v) is 1.48. The Bertz CT molecular complexity index is 332. The Kier molecular flexibility index (Phi) is 3.39. The number of rotatable bonds is 3. The summed E-state index contributed by atoms with van der Waals surface area (Å²) in [7, 11) is 0. The van der Waals surface area contributed by atoms with Crippen LogP contribution < -0.4 is 0 Å². The molecular weight excluding hydrogens is 179 g/mol. The van der Waals surface area contributed by atoms with E-state index in [1.807, 2.05) is 6.92 Å². The third-order valence-corrected chi connectivity index (χ3v) is 2.24. The molecule has 0 aliphatic heterocycles. The van der Waals surface area contributed by atoms with Crippen LogP contribution in [0.5, 0.6) is 0 Å². The Morgan fingerprint density at radius 3 is 2.21 bits per heavy atom. The molecule has 0 amide bonds. The molecule has 1 nitrogen and oxygen atoms in total. The second kappa shape index (κ2) is 4.36. The first-order valence-electron chi connectivity index (χ1n) is 4.86. The molecule has 1 aromatic carbocycles. The fraction of sp³-hybridized carbons (Fsp3) is 0.417. The van der Waals surface area contributed by atoms with E-state index in [-0.39, 0.29) is 11.6 Å². The topological polar surface area (TPSA) is 17.1 Å². The van der Waals surface area contributed by atoms with Crippen molar-refractivity contribution in [3.63, 3.8) is 0 Å². The Morgan fingerprint density at radius 2 is 1.79 bits per heavy atom. The number of Topliss-reactive ketones (excluding diaryl/α,β-unsaturated/α-hetero) is 1. The maximum atomic E-state index is 13.2. The van der Waals surface area contributed by atoms with Gasteiger partial charge in [0.2, 0.25) is 0 Å². The number of halogens is 1. The normalized spacial score (nSPS) is 10.3. The highest BCUT2D eigenvalue weighted by atomic mass is 19.1. The van der Waals surface area contributed by atoms with Gasteiger partial charge in [-0.05, 0) is 43.5 Å². The van der Waals surface area contributed by atoms with Gasteiger partial charge < -0.3 is 0 Å². The molecule has 0 aliphatic carbocycles. The molecule has 0 atom stereocenters. The first kappa shape index (κ1) is 10.9. The smallest absolute Gasteiger partial charge is 0.162 e. The lowest BCUT2D eigenvalue weighted by Gasteiger charge is -2.05. The van der Waals surface area contributed by atoms with Gasteiger partial charge in [0, 0.05) is 12.0 Å². The Morgan fingerprint density at radius 1 is 1.29 bits per heavy atom. The van der Waals surface area contributed by atoms with E-state index in [9.17, 15) is 9.18 Å². The number of carbonyl (C=O) groups is 1. The van der Waals surface area contributed by atoms with Crippen LogP contribution in [0.25, 0.3) is 0 Å². The fourth-order valence-electron chi connectivity index (χ4n) is 1.48. The number of carbonyl (C=O) groups excluding carboxylic acids is 1. The largest absolute Gasteiger partial charge is 0.294 e. The summed E-state index contributed by atoms with van der Waals surface area (Å²) in [6.45, 7) is 5.33. The first-order chi connectivity index (χ1) is 6.56. The average Bonchev–Trinajstić information content (AvgIpc) is 2.13. The van der Waals surface area contributed by atoms with Crippen molar-refractivity contribution in [2.75, 3.05) is 0 Å². The predicted molar refractivity (Wildman–Crippen MR) is 55.1 cm³/mol. The summed E-state index contributed by atoms with van der Waals surface area (Å²) in [5.41, 5.74) is 1.72. The van der Waals surface area contributed by atoms with Crippen molar-refractivity contribution in [3.05, 3.63) is 34.6 Å². The summed E-state index contributed by atoms with van der Waals surface area (Å²) in [5, 5.41) is 0. The van der Waals surface area contributed by atoms with Crippen LogP contribution in [-0.2, 0) is 0 Å². The molecule has 0 radical (unpaired) electrons. The quantitative estimate of drug-likeness (QED) is 0.674. The maximum absolute atomic E-state index is 13.2. The van der Waals surface area contributed by atoms with Gasteiger partial charge in [0.15, 0.2) is 5.78 Å². The van der Waals surface area contributed by atoms with E-state index in [2.05, 4.69) is 0 Å². The highest BCUT2D eigenvalue weighted by Gasteiger charge is 2.09. The zero-order valence-corrected chi connectivity index (χ0v) is 8.86. The Labute approximate surface area is 83.9 Å². The number of aryl methyl sites for hydroxylation is 2. The second-order valence-corrected chi connectivity index (χ2v) is 3.60. The van der Waals surface area contributed by atoms with Crippen molar-refractivity contribution in [2.45, 2.75) is 33.6 Å². The van der Waals surface area contributed by atoms with Crippen molar-refractivity contribution < 1.29 is 9.18 Å². The highest BCUT2D eigenvalue weighted by Crippen LogP contribution is 2.16. The molecule has 0 spiro atoms. The van der Waals surface area contributed by atoms with Crippen molar-refractivity contribution in [2.24, 2.45) is 0 Å². The van der Waals surface area contributed by atoms with Crippen molar-refractivity contribution in [1.29, 1.82) is 0 Å². The van der Waals surface area contributed by atoms with Crippen LogP contribution in [0.4, 0.5) is 4.39 Å². The molecule has 0 bridgehead atoms. The molecule has 2 heteroatoms. The zero-order valence-electron chi connectivity index (χ0n) is 8.86. The highest BCUT2D eigenvalue weighted by molar-refractivity contribution is 5.96. The van der Waals surface area contributed by atoms with Gasteiger partial charge >= 0.3 is 0 Å². The Hall–Kier alpha value is -1.18. The van der Waals surface area contributed by atoms with Crippen molar-refractivity contribution >= 4 is 5.78 Å².